The lowest BCUT2D eigenvalue weighted by molar-refractivity contribution is 0.653. The second-order valence-electron chi connectivity index (χ2n) is 3.86. The van der Waals surface area contributed by atoms with E-state index in [1.54, 1.807) is 18.5 Å². The SMILES string of the molecule is Nc1ncc(Cn2ncc3ccccc3c2=O)s1. The molecule has 0 saturated carbocycles. The van der Waals surface area contributed by atoms with Crippen LogP contribution in [-0.4, -0.2) is 14.8 Å². The van der Waals surface area contributed by atoms with E-state index in [4.69, 9.17) is 5.73 Å². The third kappa shape index (κ3) is 1.86. The highest BCUT2D eigenvalue weighted by Crippen LogP contribution is 2.15. The van der Waals surface area contributed by atoms with Crippen LogP contribution in [-0.2, 0) is 6.54 Å². The van der Waals surface area contributed by atoms with E-state index in [1.807, 2.05) is 18.2 Å². The molecule has 0 aliphatic heterocycles. The van der Waals surface area contributed by atoms with Gasteiger partial charge in [-0.3, -0.25) is 4.79 Å². The van der Waals surface area contributed by atoms with E-state index in [9.17, 15) is 4.79 Å². The molecule has 18 heavy (non-hydrogen) atoms. The van der Waals surface area contributed by atoms with E-state index in [0.717, 1.165) is 10.3 Å². The van der Waals surface area contributed by atoms with E-state index in [1.165, 1.54) is 16.0 Å². The van der Waals surface area contributed by atoms with Gasteiger partial charge in [0.15, 0.2) is 5.13 Å². The Labute approximate surface area is 107 Å². The lowest BCUT2D eigenvalue weighted by Gasteiger charge is -2.03. The Balaban J connectivity index is 2.08. The molecule has 0 radical (unpaired) electrons. The molecule has 0 aliphatic carbocycles. The number of hydrogen-bond acceptors (Lipinski definition) is 5. The first-order valence-electron chi connectivity index (χ1n) is 5.39. The molecule has 6 heteroatoms. The minimum absolute atomic E-state index is 0.0972. The van der Waals surface area contributed by atoms with Gasteiger partial charge in [-0.05, 0) is 6.07 Å². The average molecular weight is 258 g/mol. The predicted octanol–water partition coefficient (Wildman–Crippen LogP) is 1.48. The Bertz CT molecular complexity index is 762. The summed E-state index contributed by atoms with van der Waals surface area (Å²) in [5.41, 5.74) is 5.46. The van der Waals surface area contributed by atoms with Gasteiger partial charge in [-0.2, -0.15) is 5.10 Å². The first kappa shape index (κ1) is 10.9. The Morgan fingerprint density at radius 1 is 1.28 bits per heavy atom. The zero-order valence-electron chi connectivity index (χ0n) is 9.41. The van der Waals surface area contributed by atoms with Gasteiger partial charge in [0.25, 0.3) is 5.56 Å². The van der Waals surface area contributed by atoms with Crippen LogP contribution in [0, 0.1) is 0 Å². The lowest BCUT2D eigenvalue weighted by atomic mass is 10.2. The van der Waals surface area contributed by atoms with Crippen LogP contribution in [0.1, 0.15) is 4.88 Å². The van der Waals surface area contributed by atoms with Gasteiger partial charge in [0, 0.05) is 16.5 Å². The molecule has 3 rings (SSSR count). The first-order chi connectivity index (χ1) is 8.74. The Hall–Kier alpha value is -2.21. The highest BCUT2D eigenvalue weighted by atomic mass is 32.1. The van der Waals surface area contributed by atoms with Crippen molar-refractivity contribution in [2.75, 3.05) is 5.73 Å². The van der Waals surface area contributed by atoms with Gasteiger partial charge in [0.1, 0.15) is 0 Å². The van der Waals surface area contributed by atoms with Gasteiger partial charge in [0.2, 0.25) is 0 Å². The minimum atomic E-state index is -0.0972. The second kappa shape index (κ2) is 4.23. The standard InChI is InChI=1S/C12H10N4OS/c13-12-14-6-9(18-12)7-16-11(17)10-4-2-1-3-8(10)5-15-16/h1-6H,7H2,(H2,13,14). The summed E-state index contributed by atoms with van der Waals surface area (Å²) in [5, 5.41) is 6.17. The van der Waals surface area contributed by atoms with E-state index in [2.05, 4.69) is 10.1 Å². The van der Waals surface area contributed by atoms with Crippen molar-refractivity contribution in [2.45, 2.75) is 6.54 Å². The van der Waals surface area contributed by atoms with Crippen LogP contribution < -0.4 is 11.3 Å². The Morgan fingerprint density at radius 3 is 2.89 bits per heavy atom. The number of benzene rings is 1. The molecule has 0 amide bonds. The highest BCUT2D eigenvalue weighted by Gasteiger charge is 2.06. The maximum Gasteiger partial charge on any atom is 0.274 e. The van der Waals surface area contributed by atoms with Crippen LogP contribution >= 0.6 is 11.3 Å². The van der Waals surface area contributed by atoms with Crippen molar-refractivity contribution in [3.63, 3.8) is 0 Å². The number of fused-ring (bicyclic) bond motifs is 1. The molecule has 0 unspecified atom stereocenters. The zero-order valence-corrected chi connectivity index (χ0v) is 10.2. The van der Waals surface area contributed by atoms with Crippen LogP contribution in [0.4, 0.5) is 5.13 Å². The van der Waals surface area contributed by atoms with Crippen molar-refractivity contribution in [2.24, 2.45) is 0 Å². The number of nitrogens with two attached hydrogens (primary N) is 1. The van der Waals surface area contributed by atoms with E-state index in [-0.39, 0.29) is 5.56 Å². The van der Waals surface area contributed by atoms with Crippen molar-refractivity contribution < 1.29 is 0 Å². The third-order valence-electron chi connectivity index (χ3n) is 2.64. The smallest absolute Gasteiger partial charge is 0.274 e. The summed E-state index contributed by atoms with van der Waals surface area (Å²) in [7, 11) is 0. The number of nitrogens with zero attached hydrogens (tertiary/aromatic N) is 3. The summed E-state index contributed by atoms with van der Waals surface area (Å²) in [6, 6.07) is 7.41. The second-order valence-corrected chi connectivity index (χ2v) is 5.01. The molecule has 0 aliphatic rings. The maximum atomic E-state index is 12.2. The fraction of sp³-hybridized carbons (Fsp3) is 0.0833. The molecule has 0 spiro atoms. The molecule has 2 N–H and O–H groups in total. The molecule has 5 nitrogen and oxygen atoms in total. The van der Waals surface area contributed by atoms with Crippen LogP contribution in [0.15, 0.2) is 41.5 Å². The Morgan fingerprint density at radius 2 is 2.11 bits per heavy atom. The average Bonchev–Trinajstić information content (AvgIpc) is 2.79. The molecule has 0 fully saturated rings. The highest BCUT2D eigenvalue weighted by molar-refractivity contribution is 7.15. The van der Waals surface area contributed by atoms with E-state index in [0.29, 0.717) is 17.1 Å². The van der Waals surface area contributed by atoms with Crippen LogP contribution in [0.25, 0.3) is 10.8 Å². The number of anilines is 1. The molecule has 1 aromatic carbocycles. The van der Waals surface area contributed by atoms with Crippen molar-refractivity contribution in [1.29, 1.82) is 0 Å². The number of aromatic nitrogens is 3. The van der Waals surface area contributed by atoms with Crippen molar-refractivity contribution in [1.82, 2.24) is 14.8 Å². The van der Waals surface area contributed by atoms with Crippen LogP contribution in [0.5, 0.6) is 0 Å². The van der Waals surface area contributed by atoms with Crippen molar-refractivity contribution in [3.8, 4) is 0 Å². The molecule has 0 atom stereocenters. The molecule has 90 valence electrons. The summed E-state index contributed by atoms with van der Waals surface area (Å²) in [4.78, 5) is 17.1. The molecule has 0 bridgehead atoms. The number of nitrogen functional groups attached to an aromatic ring is 1. The fourth-order valence-corrected chi connectivity index (χ4v) is 2.45. The van der Waals surface area contributed by atoms with Gasteiger partial charge in [0.05, 0.1) is 18.1 Å². The molecular weight excluding hydrogens is 248 g/mol. The maximum absolute atomic E-state index is 12.2. The van der Waals surface area contributed by atoms with Crippen LogP contribution in [0.2, 0.25) is 0 Å². The van der Waals surface area contributed by atoms with Crippen molar-refractivity contribution in [3.05, 3.63) is 51.9 Å². The molecule has 0 saturated heterocycles. The first-order valence-corrected chi connectivity index (χ1v) is 6.21. The predicted molar refractivity (Wildman–Crippen MR) is 71.6 cm³/mol. The summed E-state index contributed by atoms with van der Waals surface area (Å²) >= 11 is 1.36. The van der Waals surface area contributed by atoms with Gasteiger partial charge in [-0.1, -0.05) is 18.2 Å². The summed E-state index contributed by atoms with van der Waals surface area (Å²) < 4.78 is 1.43. The zero-order chi connectivity index (χ0) is 12.5. The van der Waals surface area contributed by atoms with Gasteiger partial charge in [-0.25, -0.2) is 9.67 Å². The largest absolute Gasteiger partial charge is 0.375 e. The quantitative estimate of drug-likeness (QED) is 0.755. The van der Waals surface area contributed by atoms with Crippen molar-refractivity contribution >= 4 is 27.2 Å². The monoisotopic (exact) mass is 258 g/mol. The molecular formula is C12H10N4OS. The molecule has 2 heterocycles. The number of hydrogen-bond donors (Lipinski definition) is 1. The van der Waals surface area contributed by atoms with Crippen LogP contribution in [0.3, 0.4) is 0 Å². The normalized spacial score (nSPS) is 10.9. The summed E-state index contributed by atoms with van der Waals surface area (Å²) in [6.45, 7) is 0.401. The van der Waals surface area contributed by atoms with Gasteiger partial charge < -0.3 is 5.73 Å². The van der Waals surface area contributed by atoms with E-state index >= 15 is 0 Å². The van der Waals surface area contributed by atoms with Gasteiger partial charge in [-0.15, -0.1) is 11.3 Å². The third-order valence-corrected chi connectivity index (χ3v) is 3.45. The van der Waals surface area contributed by atoms with Gasteiger partial charge >= 0.3 is 0 Å². The minimum Gasteiger partial charge on any atom is -0.375 e. The van der Waals surface area contributed by atoms with E-state index < -0.39 is 0 Å². The number of thiazole rings is 1. The Kier molecular flexibility index (Phi) is 2.56. The molecule has 3 aromatic rings. The summed E-state index contributed by atoms with van der Waals surface area (Å²) in [5.74, 6) is 0. The molecule has 2 aromatic heterocycles. The lowest BCUT2D eigenvalue weighted by Crippen LogP contribution is -2.22. The fourth-order valence-electron chi connectivity index (χ4n) is 1.78. The topological polar surface area (TPSA) is 73.8 Å². The summed E-state index contributed by atoms with van der Waals surface area (Å²) in [6.07, 6.45) is 3.37. The number of rotatable bonds is 2.